The average molecular weight is 440 g/mol. The Balaban J connectivity index is 2.25. The number of rotatable bonds is 9. The summed E-state index contributed by atoms with van der Waals surface area (Å²) in [5.74, 6) is 0.302. The Kier molecular flexibility index (Phi) is 8.07. The van der Waals surface area contributed by atoms with E-state index in [1.165, 1.54) is 13.2 Å². The zero-order valence-electron chi connectivity index (χ0n) is 17.0. The number of hydrogen-bond acceptors (Lipinski definition) is 5. The zero-order chi connectivity index (χ0) is 21.6. The first-order valence-corrected chi connectivity index (χ1v) is 11.0. The molecular formula is C21H26ClNO5S. The van der Waals surface area contributed by atoms with Crippen LogP contribution in [0.2, 0.25) is 5.02 Å². The molecule has 2 aromatic rings. The largest absolute Gasteiger partial charge is 0.379 e. The molecule has 0 aliphatic carbocycles. The van der Waals surface area contributed by atoms with Gasteiger partial charge in [0, 0.05) is 20.2 Å². The summed E-state index contributed by atoms with van der Waals surface area (Å²) in [6, 6.07) is 11.5. The molecule has 0 aliphatic rings. The lowest BCUT2D eigenvalue weighted by Gasteiger charge is -2.24. The second-order valence-electron chi connectivity index (χ2n) is 7.17. The van der Waals surface area contributed by atoms with Crippen LogP contribution in [0, 0.1) is 12.8 Å². The number of ether oxygens (including phenoxy) is 1. The summed E-state index contributed by atoms with van der Waals surface area (Å²) < 4.78 is 35.7. The van der Waals surface area contributed by atoms with Crippen molar-refractivity contribution in [3.63, 3.8) is 0 Å². The smallest absolute Gasteiger partial charge is 0.340 e. The van der Waals surface area contributed by atoms with E-state index >= 15 is 0 Å². The molecule has 0 saturated heterocycles. The lowest BCUT2D eigenvalue weighted by Crippen LogP contribution is -2.36. The van der Waals surface area contributed by atoms with Crippen LogP contribution >= 0.6 is 11.6 Å². The van der Waals surface area contributed by atoms with Gasteiger partial charge >= 0.3 is 10.1 Å². The highest BCUT2D eigenvalue weighted by Gasteiger charge is 2.23. The molecule has 0 aliphatic heterocycles. The number of halogens is 1. The Morgan fingerprint density at radius 1 is 1.17 bits per heavy atom. The second-order valence-corrected chi connectivity index (χ2v) is 9.06. The van der Waals surface area contributed by atoms with E-state index in [4.69, 9.17) is 20.5 Å². The van der Waals surface area contributed by atoms with Gasteiger partial charge in [-0.05, 0) is 42.2 Å². The fourth-order valence-corrected chi connectivity index (χ4v) is 4.64. The van der Waals surface area contributed by atoms with Gasteiger partial charge in [0.25, 0.3) is 0 Å². The molecule has 29 heavy (non-hydrogen) atoms. The summed E-state index contributed by atoms with van der Waals surface area (Å²) in [6.45, 7) is 6.57. The third-order valence-corrected chi connectivity index (χ3v) is 5.98. The fraction of sp³-hybridized carbons (Fsp3) is 0.381. The van der Waals surface area contributed by atoms with Gasteiger partial charge in [-0.25, -0.2) is 0 Å². The van der Waals surface area contributed by atoms with E-state index in [0.717, 1.165) is 5.56 Å². The third-order valence-electron chi connectivity index (χ3n) is 4.10. The molecule has 158 valence electrons. The standard InChI is InChI=1S/C21H26ClNO5S/c1-15(2)12-23(20(24)14-27-4)13-17-8-6-9-18(11-17)28-29(25,26)21-16(3)7-5-10-19(21)22/h5-11,15H,12-14H2,1-4H3. The van der Waals surface area contributed by atoms with Crippen molar-refractivity contribution in [1.29, 1.82) is 0 Å². The summed E-state index contributed by atoms with van der Waals surface area (Å²) in [4.78, 5) is 13.9. The van der Waals surface area contributed by atoms with Crippen LogP contribution in [0.4, 0.5) is 0 Å². The van der Waals surface area contributed by atoms with Crippen LogP contribution in [0.15, 0.2) is 47.4 Å². The zero-order valence-corrected chi connectivity index (χ0v) is 18.6. The number of aryl methyl sites for hydroxylation is 1. The van der Waals surface area contributed by atoms with Crippen molar-refractivity contribution in [2.45, 2.75) is 32.2 Å². The number of amides is 1. The maximum absolute atomic E-state index is 12.7. The molecule has 0 N–H and O–H groups in total. The average Bonchev–Trinajstić information content (AvgIpc) is 2.60. The minimum absolute atomic E-state index is 0.0108. The van der Waals surface area contributed by atoms with Crippen LogP contribution < -0.4 is 4.18 Å². The maximum atomic E-state index is 12.7. The summed E-state index contributed by atoms with van der Waals surface area (Å²) in [7, 11) is -2.62. The molecule has 8 heteroatoms. The van der Waals surface area contributed by atoms with Crippen molar-refractivity contribution in [2.75, 3.05) is 20.3 Å². The monoisotopic (exact) mass is 439 g/mol. The summed E-state index contributed by atoms with van der Waals surface area (Å²) in [6.07, 6.45) is 0. The molecule has 0 saturated carbocycles. The first kappa shape index (κ1) is 23.2. The van der Waals surface area contributed by atoms with E-state index in [-0.39, 0.29) is 34.1 Å². The van der Waals surface area contributed by atoms with Crippen LogP contribution in [0.1, 0.15) is 25.0 Å². The lowest BCUT2D eigenvalue weighted by molar-refractivity contribution is -0.136. The second kappa shape index (κ2) is 10.1. The predicted octanol–water partition coefficient (Wildman–Crippen LogP) is 4.05. The molecule has 0 bridgehead atoms. The van der Waals surface area contributed by atoms with Crippen LogP contribution in [-0.4, -0.2) is 39.5 Å². The van der Waals surface area contributed by atoms with Crippen LogP contribution in [0.5, 0.6) is 5.75 Å². The molecule has 0 aromatic heterocycles. The molecule has 0 radical (unpaired) electrons. The van der Waals surface area contributed by atoms with Gasteiger partial charge < -0.3 is 13.8 Å². The van der Waals surface area contributed by atoms with Crippen molar-refractivity contribution in [2.24, 2.45) is 5.92 Å². The Labute approximate surface area is 177 Å². The quantitative estimate of drug-likeness (QED) is 0.551. The van der Waals surface area contributed by atoms with Crippen molar-refractivity contribution in [3.8, 4) is 5.75 Å². The molecule has 0 atom stereocenters. The van der Waals surface area contributed by atoms with Crippen molar-refractivity contribution in [1.82, 2.24) is 4.90 Å². The molecular weight excluding hydrogens is 414 g/mol. The molecule has 2 aromatic carbocycles. The van der Waals surface area contributed by atoms with Gasteiger partial charge in [0.05, 0.1) is 5.02 Å². The molecule has 0 unspecified atom stereocenters. The van der Waals surface area contributed by atoms with Crippen LogP contribution in [0.3, 0.4) is 0 Å². The van der Waals surface area contributed by atoms with E-state index in [0.29, 0.717) is 18.7 Å². The number of nitrogens with zero attached hydrogens (tertiary/aromatic N) is 1. The molecule has 2 rings (SSSR count). The van der Waals surface area contributed by atoms with Crippen molar-refractivity contribution < 1.29 is 22.1 Å². The van der Waals surface area contributed by atoms with Gasteiger partial charge in [-0.2, -0.15) is 8.42 Å². The van der Waals surface area contributed by atoms with E-state index in [1.54, 1.807) is 42.2 Å². The van der Waals surface area contributed by atoms with Crippen molar-refractivity contribution >= 4 is 27.6 Å². The highest BCUT2D eigenvalue weighted by atomic mass is 35.5. The molecule has 0 heterocycles. The first-order valence-electron chi connectivity index (χ1n) is 9.19. The molecule has 6 nitrogen and oxygen atoms in total. The lowest BCUT2D eigenvalue weighted by atomic mass is 10.1. The number of methoxy groups -OCH3 is 1. The number of benzene rings is 2. The third kappa shape index (κ3) is 6.45. The maximum Gasteiger partial charge on any atom is 0.340 e. The van der Waals surface area contributed by atoms with Crippen molar-refractivity contribution in [3.05, 3.63) is 58.6 Å². The van der Waals surface area contributed by atoms with Crippen LogP contribution in [-0.2, 0) is 26.2 Å². The summed E-state index contributed by atoms with van der Waals surface area (Å²) in [5.41, 5.74) is 1.25. The summed E-state index contributed by atoms with van der Waals surface area (Å²) >= 11 is 6.08. The Hall–Kier alpha value is -2.09. The predicted molar refractivity (Wildman–Crippen MR) is 113 cm³/mol. The van der Waals surface area contributed by atoms with Gasteiger partial charge in [0.15, 0.2) is 0 Å². The van der Waals surface area contributed by atoms with E-state index in [2.05, 4.69) is 0 Å². The minimum atomic E-state index is -4.10. The highest BCUT2D eigenvalue weighted by Crippen LogP contribution is 2.28. The number of hydrogen-bond donors (Lipinski definition) is 0. The molecule has 0 fully saturated rings. The van der Waals surface area contributed by atoms with Gasteiger partial charge in [0.2, 0.25) is 5.91 Å². The van der Waals surface area contributed by atoms with Gasteiger partial charge in [-0.15, -0.1) is 0 Å². The van der Waals surface area contributed by atoms with E-state index in [9.17, 15) is 13.2 Å². The molecule has 1 amide bonds. The van der Waals surface area contributed by atoms with Gasteiger partial charge in [0.1, 0.15) is 17.3 Å². The summed E-state index contributed by atoms with van der Waals surface area (Å²) in [5, 5.41) is 0.106. The minimum Gasteiger partial charge on any atom is -0.379 e. The topological polar surface area (TPSA) is 72.9 Å². The highest BCUT2D eigenvalue weighted by molar-refractivity contribution is 7.87. The van der Waals surface area contributed by atoms with Gasteiger partial charge in [-0.3, -0.25) is 4.79 Å². The van der Waals surface area contributed by atoms with E-state index < -0.39 is 10.1 Å². The number of carbonyl (C=O) groups excluding carboxylic acids is 1. The SMILES string of the molecule is COCC(=O)N(Cc1cccc(OS(=O)(=O)c2c(C)cccc2Cl)c1)CC(C)C. The number of carbonyl (C=O) groups is 1. The molecule has 0 spiro atoms. The van der Waals surface area contributed by atoms with Crippen LogP contribution in [0.25, 0.3) is 0 Å². The Bertz CT molecular complexity index is 939. The normalized spacial score (nSPS) is 11.5. The Morgan fingerprint density at radius 3 is 2.48 bits per heavy atom. The van der Waals surface area contributed by atoms with E-state index in [1.807, 2.05) is 19.9 Å². The first-order chi connectivity index (χ1) is 13.6. The fourth-order valence-electron chi connectivity index (χ4n) is 2.93. The van der Waals surface area contributed by atoms with Gasteiger partial charge in [-0.1, -0.05) is 49.7 Å². The Morgan fingerprint density at radius 2 is 1.86 bits per heavy atom.